The molecule has 1 aromatic rings. The Morgan fingerprint density at radius 3 is 2.45 bits per heavy atom. The molecule has 124 valence electrons. The van der Waals surface area contributed by atoms with Crippen molar-refractivity contribution in [3.05, 3.63) is 35.9 Å². The largest absolute Gasteiger partial charge is 0.386 e. The topological polar surface area (TPSA) is 49.3 Å². The smallest absolute Gasteiger partial charge is 0.244 e. The number of carbonyl (C=O) groups is 1. The van der Waals surface area contributed by atoms with Crippen LogP contribution >= 0.6 is 11.6 Å². The molecule has 0 aliphatic carbocycles. The normalized spacial score (nSPS) is 15.1. The van der Waals surface area contributed by atoms with Gasteiger partial charge in [-0.3, -0.25) is 4.79 Å². The van der Waals surface area contributed by atoms with E-state index < -0.39 is 11.0 Å². The number of carbonyl (C=O) groups excluding carboxylic acids is 1. The lowest BCUT2D eigenvalue weighted by Gasteiger charge is -2.31. The van der Waals surface area contributed by atoms with Crippen LogP contribution in [0.3, 0.4) is 0 Å². The molecular formula is C18H28ClNO2. The first kappa shape index (κ1) is 19.0. The van der Waals surface area contributed by atoms with E-state index >= 15 is 0 Å². The molecule has 0 saturated carbocycles. The van der Waals surface area contributed by atoms with Gasteiger partial charge in [-0.05, 0) is 18.4 Å². The number of hydrogen-bond donors (Lipinski definition) is 2. The minimum absolute atomic E-state index is 0.274. The number of nitrogens with one attached hydrogen (secondary N) is 1. The first-order valence-corrected chi connectivity index (χ1v) is 8.64. The van der Waals surface area contributed by atoms with Gasteiger partial charge in [0, 0.05) is 6.54 Å². The highest BCUT2D eigenvalue weighted by atomic mass is 35.5. The fraction of sp³-hybridized carbons (Fsp3) is 0.611. The van der Waals surface area contributed by atoms with Crippen molar-refractivity contribution in [2.24, 2.45) is 0 Å². The summed E-state index contributed by atoms with van der Waals surface area (Å²) in [5, 5.41) is 13.5. The van der Waals surface area contributed by atoms with E-state index in [1.165, 1.54) is 6.42 Å². The molecule has 0 aliphatic heterocycles. The lowest BCUT2D eigenvalue weighted by Crippen LogP contribution is -2.47. The highest BCUT2D eigenvalue weighted by Crippen LogP contribution is 2.36. The molecule has 3 nitrogen and oxygen atoms in total. The Morgan fingerprint density at radius 2 is 1.86 bits per heavy atom. The molecule has 2 N–H and O–H groups in total. The number of aliphatic hydroxyl groups excluding tert-OH is 1. The predicted molar refractivity (Wildman–Crippen MR) is 92.0 cm³/mol. The van der Waals surface area contributed by atoms with Crippen LogP contribution in [-0.4, -0.2) is 22.4 Å². The van der Waals surface area contributed by atoms with Gasteiger partial charge >= 0.3 is 0 Å². The zero-order valence-electron chi connectivity index (χ0n) is 13.6. The molecular weight excluding hydrogens is 298 g/mol. The Balaban J connectivity index is 2.70. The standard InChI is InChI=1S/C18H28ClNO2/c1-3-5-6-10-14-20-17(22)18(19,13-4-2)16(21)15-11-8-7-9-12-15/h7-9,11-12,16,21H,3-6,10,13-14H2,1-2H3,(H,20,22). The average Bonchev–Trinajstić information content (AvgIpc) is 2.54. The summed E-state index contributed by atoms with van der Waals surface area (Å²) >= 11 is 6.55. The Kier molecular flexibility index (Phi) is 8.51. The molecule has 22 heavy (non-hydrogen) atoms. The quantitative estimate of drug-likeness (QED) is 0.500. The lowest BCUT2D eigenvalue weighted by molar-refractivity contribution is -0.127. The zero-order chi connectivity index (χ0) is 16.4. The van der Waals surface area contributed by atoms with Gasteiger partial charge in [0.2, 0.25) is 5.91 Å². The first-order valence-electron chi connectivity index (χ1n) is 8.26. The number of unbranched alkanes of at least 4 members (excludes halogenated alkanes) is 3. The molecule has 0 radical (unpaired) electrons. The van der Waals surface area contributed by atoms with Crippen molar-refractivity contribution in [2.45, 2.75) is 63.4 Å². The third-order valence-corrected chi connectivity index (χ3v) is 4.42. The van der Waals surface area contributed by atoms with E-state index in [4.69, 9.17) is 11.6 Å². The number of rotatable bonds is 10. The summed E-state index contributed by atoms with van der Waals surface area (Å²) in [6.07, 6.45) is 4.54. The van der Waals surface area contributed by atoms with Gasteiger partial charge in [0.25, 0.3) is 0 Å². The summed E-state index contributed by atoms with van der Waals surface area (Å²) in [6.45, 7) is 4.72. The fourth-order valence-electron chi connectivity index (χ4n) is 2.54. The van der Waals surface area contributed by atoms with Crippen LogP contribution in [0.1, 0.15) is 64.0 Å². The number of alkyl halides is 1. The minimum Gasteiger partial charge on any atom is -0.386 e. The van der Waals surface area contributed by atoms with Gasteiger partial charge in [-0.15, -0.1) is 11.6 Å². The molecule has 0 saturated heterocycles. The van der Waals surface area contributed by atoms with Gasteiger partial charge in [0.1, 0.15) is 6.10 Å². The third-order valence-electron chi connectivity index (χ3n) is 3.86. The maximum absolute atomic E-state index is 12.5. The van der Waals surface area contributed by atoms with Crippen molar-refractivity contribution in [3.63, 3.8) is 0 Å². The molecule has 2 atom stereocenters. The van der Waals surface area contributed by atoms with Crippen molar-refractivity contribution < 1.29 is 9.90 Å². The first-order chi connectivity index (χ1) is 10.6. The minimum atomic E-state index is -1.30. The van der Waals surface area contributed by atoms with Crippen LogP contribution in [0.15, 0.2) is 30.3 Å². The summed E-state index contributed by atoms with van der Waals surface area (Å²) in [7, 11) is 0. The van der Waals surface area contributed by atoms with Gasteiger partial charge < -0.3 is 10.4 Å². The van der Waals surface area contributed by atoms with E-state index in [1.54, 1.807) is 12.1 Å². The average molecular weight is 326 g/mol. The summed E-state index contributed by atoms with van der Waals surface area (Å²) in [5.41, 5.74) is 0.673. The Hall–Kier alpha value is -1.06. The van der Waals surface area contributed by atoms with E-state index in [1.807, 2.05) is 25.1 Å². The third kappa shape index (κ3) is 5.29. The highest BCUT2D eigenvalue weighted by molar-refractivity contribution is 6.35. The molecule has 0 heterocycles. The number of halogens is 1. The Morgan fingerprint density at radius 1 is 1.18 bits per heavy atom. The molecule has 1 rings (SSSR count). The molecule has 1 amide bonds. The van der Waals surface area contributed by atoms with E-state index in [0.717, 1.165) is 25.7 Å². The van der Waals surface area contributed by atoms with Gasteiger partial charge in [-0.2, -0.15) is 0 Å². The van der Waals surface area contributed by atoms with E-state index in [0.29, 0.717) is 18.5 Å². The summed E-state index contributed by atoms with van der Waals surface area (Å²) in [5.74, 6) is -0.274. The van der Waals surface area contributed by atoms with Crippen LogP contribution in [0.2, 0.25) is 0 Å². The van der Waals surface area contributed by atoms with Crippen LogP contribution < -0.4 is 5.32 Å². The van der Waals surface area contributed by atoms with Crippen LogP contribution in [0.4, 0.5) is 0 Å². The number of hydrogen-bond acceptors (Lipinski definition) is 2. The molecule has 0 aliphatic rings. The number of aliphatic hydroxyl groups is 1. The molecule has 0 bridgehead atoms. The second-order valence-corrected chi connectivity index (χ2v) is 6.42. The highest BCUT2D eigenvalue weighted by Gasteiger charge is 2.43. The van der Waals surface area contributed by atoms with Crippen molar-refractivity contribution >= 4 is 17.5 Å². The Bertz CT molecular complexity index is 438. The van der Waals surface area contributed by atoms with Crippen molar-refractivity contribution in [1.29, 1.82) is 0 Å². The van der Waals surface area contributed by atoms with Gasteiger partial charge in [0.05, 0.1) is 0 Å². The van der Waals surface area contributed by atoms with Crippen LogP contribution in [0.5, 0.6) is 0 Å². The Labute approximate surface area is 139 Å². The van der Waals surface area contributed by atoms with Crippen molar-refractivity contribution in [2.75, 3.05) is 6.54 Å². The van der Waals surface area contributed by atoms with Crippen LogP contribution in [0.25, 0.3) is 0 Å². The molecule has 2 unspecified atom stereocenters. The maximum atomic E-state index is 12.5. The van der Waals surface area contributed by atoms with Crippen molar-refractivity contribution in [1.82, 2.24) is 5.32 Å². The monoisotopic (exact) mass is 325 g/mol. The van der Waals surface area contributed by atoms with E-state index in [-0.39, 0.29) is 5.91 Å². The van der Waals surface area contributed by atoms with E-state index in [2.05, 4.69) is 12.2 Å². The number of amides is 1. The maximum Gasteiger partial charge on any atom is 0.244 e. The molecule has 1 aromatic carbocycles. The van der Waals surface area contributed by atoms with Gasteiger partial charge in [-0.1, -0.05) is 69.9 Å². The zero-order valence-corrected chi connectivity index (χ0v) is 14.4. The summed E-state index contributed by atoms with van der Waals surface area (Å²) in [6, 6.07) is 9.15. The SMILES string of the molecule is CCCCCCNC(=O)C(Cl)(CCC)C(O)c1ccccc1. The number of benzene rings is 1. The van der Waals surface area contributed by atoms with Gasteiger partial charge in [0.15, 0.2) is 4.87 Å². The molecule has 0 aromatic heterocycles. The van der Waals surface area contributed by atoms with E-state index in [9.17, 15) is 9.90 Å². The summed E-state index contributed by atoms with van der Waals surface area (Å²) < 4.78 is 0. The molecule has 0 fully saturated rings. The predicted octanol–water partition coefficient (Wildman–Crippen LogP) is 4.19. The van der Waals surface area contributed by atoms with Crippen LogP contribution in [-0.2, 0) is 4.79 Å². The van der Waals surface area contributed by atoms with Crippen molar-refractivity contribution in [3.8, 4) is 0 Å². The van der Waals surface area contributed by atoms with Gasteiger partial charge in [-0.25, -0.2) is 0 Å². The summed E-state index contributed by atoms with van der Waals surface area (Å²) in [4.78, 5) is 11.2. The second-order valence-electron chi connectivity index (χ2n) is 5.74. The fourth-order valence-corrected chi connectivity index (χ4v) is 2.92. The molecule has 0 spiro atoms. The second kappa shape index (κ2) is 9.86. The van der Waals surface area contributed by atoms with Crippen LogP contribution in [0, 0.1) is 0 Å². The molecule has 4 heteroatoms. The lowest BCUT2D eigenvalue weighted by atomic mass is 9.90.